The van der Waals surface area contributed by atoms with Crippen LogP contribution in [0.3, 0.4) is 0 Å². The second-order valence-electron chi connectivity index (χ2n) is 5.61. The number of rotatable bonds is 4. The van der Waals surface area contributed by atoms with Crippen LogP contribution in [-0.2, 0) is 6.61 Å². The molecule has 2 heterocycles. The summed E-state index contributed by atoms with van der Waals surface area (Å²) in [5.41, 5.74) is 1.61. The van der Waals surface area contributed by atoms with E-state index in [4.69, 9.17) is 4.74 Å². The summed E-state index contributed by atoms with van der Waals surface area (Å²) < 4.78 is 5.77. The first-order valence-electron chi connectivity index (χ1n) is 7.66. The lowest BCUT2D eigenvalue weighted by Gasteiger charge is -2.30. The largest absolute Gasteiger partial charge is 0.487 e. The van der Waals surface area contributed by atoms with Crippen LogP contribution >= 0.6 is 23.1 Å². The van der Waals surface area contributed by atoms with Gasteiger partial charge in [-0.2, -0.15) is 11.8 Å². The van der Waals surface area contributed by atoms with Gasteiger partial charge in [-0.1, -0.05) is 13.0 Å². The van der Waals surface area contributed by atoms with E-state index in [0.29, 0.717) is 23.2 Å². The minimum atomic E-state index is 0.0899. The van der Waals surface area contributed by atoms with Gasteiger partial charge in [-0.05, 0) is 25.1 Å². The Labute approximate surface area is 144 Å². The summed E-state index contributed by atoms with van der Waals surface area (Å²) in [4.78, 5) is 18.9. The minimum Gasteiger partial charge on any atom is -0.487 e. The predicted octanol–water partition coefficient (Wildman–Crippen LogP) is 3.61. The highest BCUT2D eigenvalue weighted by molar-refractivity contribution is 7.99. The Hall–Kier alpha value is -1.53. The van der Waals surface area contributed by atoms with Crippen molar-refractivity contribution in [2.24, 2.45) is 0 Å². The Balaban J connectivity index is 1.65. The third kappa shape index (κ3) is 4.26. The number of carbonyl (C=O) groups is 1. The molecule has 0 saturated carbocycles. The molecule has 122 valence electrons. The quantitative estimate of drug-likeness (QED) is 0.846. The summed E-state index contributed by atoms with van der Waals surface area (Å²) >= 11 is 3.53. The molecule has 6 heteroatoms. The van der Waals surface area contributed by atoms with Gasteiger partial charge in [0.1, 0.15) is 12.4 Å². The molecule has 1 aliphatic heterocycles. The highest BCUT2D eigenvalue weighted by Crippen LogP contribution is 2.22. The standard InChI is InChI=1S/C17H20N2O2S2/c1-12-9-19(6-7-22-12)17(20)14-4-3-5-16(8-14)21-10-15-11-23-13(2)18-15/h3-5,8,11-12H,6-7,9-10H2,1-2H3. The number of benzene rings is 1. The minimum absolute atomic E-state index is 0.0899. The number of thiazole rings is 1. The maximum atomic E-state index is 12.6. The number of carbonyl (C=O) groups excluding carboxylic acids is 1. The van der Waals surface area contributed by atoms with E-state index in [9.17, 15) is 4.79 Å². The number of aromatic nitrogens is 1. The van der Waals surface area contributed by atoms with Crippen molar-refractivity contribution in [3.05, 3.63) is 45.9 Å². The van der Waals surface area contributed by atoms with Gasteiger partial charge in [-0.3, -0.25) is 4.79 Å². The molecule has 1 unspecified atom stereocenters. The fourth-order valence-electron chi connectivity index (χ4n) is 2.54. The molecule has 1 atom stereocenters. The zero-order valence-electron chi connectivity index (χ0n) is 13.3. The molecule has 4 nitrogen and oxygen atoms in total. The van der Waals surface area contributed by atoms with Crippen LogP contribution in [0, 0.1) is 6.92 Å². The number of ether oxygens (including phenoxy) is 1. The summed E-state index contributed by atoms with van der Waals surface area (Å²) in [6, 6.07) is 7.43. The van der Waals surface area contributed by atoms with Crippen molar-refractivity contribution in [3.8, 4) is 5.75 Å². The molecule has 3 rings (SSSR count). The highest BCUT2D eigenvalue weighted by atomic mass is 32.2. The van der Waals surface area contributed by atoms with Crippen LogP contribution in [0.5, 0.6) is 5.75 Å². The average molecular weight is 348 g/mol. The predicted molar refractivity (Wildman–Crippen MR) is 95.4 cm³/mol. The van der Waals surface area contributed by atoms with Gasteiger partial charge in [0.05, 0.1) is 10.7 Å². The lowest BCUT2D eigenvalue weighted by atomic mass is 10.2. The van der Waals surface area contributed by atoms with Crippen LogP contribution in [0.25, 0.3) is 0 Å². The lowest BCUT2D eigenvalue weighted by Crippen LogP contribution is -2.41. The Kier molecular flexibility index (Phi) is 5.23. The van der Waals surface area contributed by atoms with Gasteiger partial charge in [-0.15, -0.1) is 11.3 Å². The molecular weight excluding hydrogens is 328 g/mol. The smallest absolute Gasteiger partial charge is 0.254 e. The Bertz CT molecular complexity index is 687. The maximum Gasteiger partial charge on any atom is 0.254 e. The van der Waals surface area contributed by atoms with Crippen molar-refractivity contribution >= 4 is 29.0 Å². The second-order valence-corrected chi connectivity index (χ2v) is 8.22. The lowest BCUT2D eigenvalue weighted by molar-refractivity contribution is 0.0762. The van der Waals surface area contributed by atoms with E-state index >= 15 is 0 Å². The Morgan fingerprint density at radius 3 is 3.09 bits per heavy atom. The van der Waals surface area contributed by atoms with E-state index in [0.717, 1.165) is 29.5 Å². The van der Waals surface area contributed by atoms with Gasteiger partial charge >= 0.3 is 0 Å². The van der Waals surface area contributed by atoms with E-state index in [-0.39, 0.29) is 5.91 Å². The van der Waals surface area contributed by atoms with Crippen molar-refractivity contribution in [1.82, 2.24) is 9.88 Å². The van der Waals surface area contributed by atoms with Crippen LogP contribution in [0.15, 0.2) is 29.6 Å². The zero-order chi connectivity index (χ0) is 16.2. The summed E-state index contributed by atoms with van der Waals surface area (Å²) in [6.07, 6.45) is 0. The Morgan fingerprint density at radius 1 is 1.48 bits per heavy atom. The summed E-state index contributed by atoms with van der Waals surface area (Å²) in [5, 5.41) is 3.53. The number of aryl methyl sites for hydroxylation is 1. The fraction of sp³-hybridized carbons (Fsp3) is 0.412. The van der Waals surface area contributed by atoms with Gasteiger partial charge in [0.25, 0.3) is 5.91 Å². The molecule has 0 radical (unpaired) electrons. The summed E-state index contributed by atoms with van der Waals surface area (Å²) in [5.74, 6) is 1.81. The SMILES string of the molecule is Cc1nc(COc2cccc(C(=O)N3CCSC(C)C3)c2)cs1. The number of hydrogen-bond donors (Lipinski definition) is 0. The molecule has 0 spiro atoms. The van der Waals surface area contributed by atoms with Crippen molar-refractivity contribution < 1.29 is 9.53 Å². The molecule has 1 aromatic carbocycles. The molecule has 1 aromatic heterocycles. The van der Waals surface area contributed by atoms with E-state index in [1.807, 2.05) is 53.2 Å². The molecular formula is C17H20N2O2S2. The molecule has 0 bridgehead atoms. The van der Waals surface area contributed by atoms with Crippen LogP contribution in [-0.4, -0.2) is 39.9 Å². The average Bonchev–Trinajstić information content (AvgIpc) is 2.98. The topological polar surface area (TPSA) is 42.4 Å². The van der Waals surface area contributed by atoms with Gasteiger partial charge in [0, 0.05) is 35.0 Å². The van der Waals surface area contributed by atoms with Crippen LogP contribution in [0.2, 0.25) is 0 Å². The second kappa shape index (κ2) is 7.36. The zero-order valence-corrected chi connectivity index (χ0v) is 15.0. The van der Waals surface area contributed by atoms with Crippen LogP contribution in [0.1, 0.15) is 28.0 Å². The fourth-order valence-corrected chi connectivity index (χ4v) is 4.15. The van der Waals surface area contributed by atoms with E-state index in [1.165, 1.54) is 0 Å². The number of nitrogens with zero attached hydrogens (tertiary/aromatic N) is 2. The molecule has 0 N–H and O–H groups in total. The van der Waals surface area contributed by atoms with Crippen molar-refractivity contribution in [2.45, 2.75) is 25.7 Å². The molecule has 1 fully saturated rings. The molecule has 1 amide bonds. The van der Waals surface area contributed by atoms with Crippen molar-refractivity contribution in [1.29, 1.82) is 0 Å². The number of thioether (sulfide) groups is 1. The van der Waals surface area contributed by atoms with Crippen LogP contribution in [0.4, 0.5) is 0 Å². The third-order valence-corrected chi connectivity index (χ3v) is 5.62. The molecule has 2 aromatic rings. The van der Waals surface area contributed by atoms with Gasteiger partial charge < -0.3 is 9.64 Å². The first-order valence-corrected chi connectivity index (χ1v) is 9.59. The van der Waals surface area contributed by atoms with Gasteiger partial charge in [0.15, 0.2) is 0 Å². The normalized spacial score (nSPS) is 18.0. The first-order chi connectivity index (χ1) is 11.1. The maximum absolute atomic E-state index is 12.6. The molecule has 1 saturated heterocycles. The van der Waals surface area contributed by atoms with Crippen LogP contribution < -0.4 is 4.74 Å². The number of hydrogen-bond acceptors (Lipinski definition) is 5. The molecule has 23 heavy (non-hydrogen) atoms. The van der Waals surface area contributed by atoms with Gasteiger partial charge in [0.2, 0.25) is 0 Å². The number of amides is 1. The van der Waals surface area contributed by atoms with Crippen molar-refractivity contribution in [2.75, 3.05) is 18.8 Å². The van der Waals surface area contributed by atoms with E-state index in [2.05, 4.69) is 11.9 Å². The first kappa shape index (κ1) is 16.3. The Morgan fingerprint density at radius 2 is 2.35 bits per heavy atom. The van der Waals surface area contributed by atoms with E-state index < -0.39 is 0 Å². The molecule has 1 aliphatic rings. The van der Waals surface area contributed by atoms with Gasteiger partial charge in [-0.25, -0.2) is 4.98 Å². The highest BCUT2D eigenvalue weighted by Gasteiger charge is 2.22. The molecule has 0 aliphatic carbocycles. The van der Waals surface area contributed by atoms with Crippen molar-refractivity contribution in [3.63, 3.8) is 0 Å². The van der Waals surface area contributed by atoms with E-state index in [1.54, 1.807) is 11.3 Å². The summed E-state index contributed by atoms with van der Waals surface area (Å²) in [7, 11) is 0. The third-order valence-electron chi connectivity index (χ3n) is 3.66. The monoisotopic (exact) mass is 348 g/mol. The summed E-state index contributed by atoms with van der Waals surface area (Å²) in [6.45, 7) is 6.20.